The minimum atomic E-state index is -4.53. The first-order chi connectivity index (χ1) is 14.9. The number of H-pyrrole nitrogens is 1. The number of aryl methyl sites for hydroxylation is 1. The second-order valence-electron chi connectivity index (χ2n) is 7.03. The Morgan fingerprint density at radius 1 is 1.13 bits per heavy atom. The van der Waals surface area contributed by atoms with Crippen molar-refractivity contribution >= 4 is 33.7 Å². The zero-order valence-electron chi connectivity index (χ0n) is 16.0. The molecule has 1 aliphatic rings. The summed E-state index contributed by atoms with van der Waals surface area (Å²) in [6, 6.07) is 11.2. The molecule has 0 amide bonds. The molecule has 0 bridgehead atoms. The molecular formula is C21H16F3N3O3S. The Kier molecular flexibility index (Phi) is 4.81. The first-order valence-corrected chi connectivity index (χ1v) is 10.5. The maximum Gasteiger partial charge on any atom is 0.417 e. The summed E-state index contributed by atoms with van der Waals surface area (Å²) in [6.45, 7) is 0.427. The summed E-state index contributed by atoms with van der Waals surface area (Å²) in [5, 5.41) is 0.247. The lowest BCUT2D eigenvalue weighted by Crippen LogP contribution is -2.17. The summed E-state index contributed by atoms with van der Waals surface area (Å²) < 4.78 is 53.1. The van der Waals surface area contributed by atoms with Gasteiger partial charge in [-0.05, 0) is 30.7 Å². The number of benzene rings is 2. The molecule has 10 heteroatoms. The molecule has 5 rings (SSSR count). The van der Waals surface area contributed by atoms with Gasteiger partial charge in [0, 0.05) is 23.8 Å². The number of ether oxygens (including phenoxy) is 2. The predicted molar refractivity (Wildman–Crippen MR) is 111 cm³/mol. The Morgan fingerprint density at radius 2 is 1.90 bits per heavy atom. The highest BCUT2D eigenvalue weighted by Crippen LogP contribution is 2.42. The molecule has 1 aliphatic heterocycles. The van der Waals surface area contributed by atoms with E-state index >= 15 is 0 Å². The van der Waals surface area contributed by atoms with Gasteiger partial charge in [0.25, 0.3) is 0 Å². The van der Waals surface area contributed by atoms with Crippen LogP contribution in [-0.2, 0) is 12.7 Å². The van der Waals surface area contributed by atoms with E-state index in [-0.39, 0.29) is 34.2 Å². The van der Waals surface area contributed by atoms with Crippen molar-refractivity contribution in [3.63, 3.8) is 0 Å². The molecule has 2 aromatic carbocycles. The molecule has 0 saturated heterocycles. The van der Waals surface area contributed by atoms with E-state index in [0.717, 1.165) is 17.1 Å². The van der Waals surface area contributed by atoms with Gasteiger partial charge in [-0.3, -0.25) is 4.57 Å². The predicted octanol–water partition coefficient (Wildman–Crippen LogP) is 4.81. The summed E-state index contributed by atoms with van der Waals surface area (Å²) in [4.78, 5) is 19.3. The molecule has 0 atom stereocenters. The number of para-hydroxylation sites is 2. The van der Waals surface area contributed by atoms with Gasteiger partial charge >= 0.3 is 11.9 Å². The van der Waals surface area contributed by atoms with E-state index in [2.05, 4.69) is 9.97 Å². The highest BCUT2D eigenvalue weighted by Gasteiger charge is 2.34. The smallest absolute Gasteiger partial charge is 0.417 e. The van der Waals surface area contributed by atoms with Crippen molar-refractivity contribution < 1.29 is 22.6 Å². The monoisotopic (exact) mass is 447 g/mol. The molecule has 2 aromatic heterocycles. The van der Waals surface area contributed by atoms with Crippen LogP contribution in [0.1, 0.15) is 12.0 Å². The maximum absolute atomic E-state index is 13.7. The Bertz CT molecular complexity index is 1350. The summed E-state index contributed by atoms with van der Waals surface area (Å²) in [5.74, 6) is 1.17. The number of aromatic amines is 1. The van der Waals surface area contributed by atoms with Crippen LogP contribution < -0.4 is 15.2 Å². The van der Waals surface area contributed by atoms with Crippen molar-refractivity contribution in [2.45, 2.75) is 24.2 Å². The van der Waals surface area contributed by atoms with Crippen LogP contribution in [0.25, 0.3) is 21.9 Å². The highest BCUT2D eigenvalue weighted by molar-refractivity contribution is 7.99. The van der Waals surface area contributed by atoms with Gasteiger partial charge in [-0.2, -0.15) is 13.2 Å². The van der Waals surface area contributed by atoms with E-state index in [0.29, 0.717) is 24.5 Å². The molecule has 0 unspecified atom stereocenters. The van der Waals surface area contributed by atoms with Crippen LogP contribution in [0, 0.1) is 0 Å². The number of nitrogens with one attached hydrogen (secondary N) is 1. The molecule has 3 heterocycles. The van der Waals surface area contributed by atoms with Crippen LogP contribution in [0.2, 0.25) is 0 Å². The molecule has 4 aromatic rings. The molecule has 31 heavy (non-hydrogen) atoms. The van der Waals surface area contributed by atoms with Crippen LogP contribution in [0.4, 0.5) is 13.2 Å². The third-order valence-corrected chi connectivity index (χ3v) is 6.04. The minimum Gasteiger partial charge on any atom is -0.454 e. The minimum absolute atomic E-state index is 0.0218. The van der Waals surface area contributed by atoms with E-state index in [1.807, 2.05) is 24.3 Å². The molecule has 0 spiro atoms. The van der Waals surface area contributed by atoms with Gasteiger partial charge in [-0.25, -0.2) is 9.78 Å². The van der Waals surface area contributed by atoms with Crippen molar-refractivity contribution in [2.24, 2.45) is 0 Å². The number of imidazole rings is 1. The van der Waals surface area contributed by atoms with Gasteiger partial charge in [0.2, 0.25) is 6.79 Å². The van der Waals surface area contributed by atoms with Crippen LogP contribution in [0.5, 0.6) is 11.5 Å². The lowest BCUT2D eigenvalue weighted by molar-refractivity contribution is -0.136. The number of fused-ring (bicyclic) bond motifs is 3. The standard InChI is InChI=1S/C21H16F3N3O3S/c22-21(23,24)13-9-19(25-15-10-18-17(8-12(13)15)29-11-30-18)31-7-3-6-27-16-5-2-1-4-14(16)26-20(27)28/h1-2,4-5,8-10H,3,6-7,11H2,(H,26,28). The van der Waals surface area contributed by atoms with Crippen LogP contribution in [-0.4, -0.2) is 27.1 Å². The lowest BCUT2D eigenvalue weighted by atomic mass is 10.1. The number of alkyl halides is 3. The van der Waals surface area contributed by atoms with E-state index in [1.54, 1.807) is 4.57 Å². The second kappa shape index (κ2) is 7.52. The van der Waals surface area contributed by atoms with Crippen molar-refractivity contribution in [2.75, 3.05) is 12.5 Å². The number of aromatic nitrogens is 3. The number of hydrogen-bond donors (Lipinski definition) is 1. The maximum atomic E-state index is 13.7. The molecule has 0 radical (unpaired) electrons. The van der Waals surface area contributed by atoms with E-state index in [1.165, 1.54) is 23.9 Å². The van der Waals surface area contributed by atoms with Gasteiger partial charge < -0.3 is 14.5 Å². The Morgan fingerprint density at radius 3 is 2.71 bits per heavy atom. The SMILES string of the molecule is O=c1[nH]c2ccccc2n1CCCSc1cc(C(F)(F)F)c2cc3c(cc2n1)OCO3. The third-order valence-electron chi connectivity index (χ3n) is 5.04. The Balaban J connectivity index is 1.37. The fourth-order valence-electron chi connectivity index (χ4n) is 3.63. The van der Waals surface area contributed by atoms with Crippen molar-refractivity contribution in [3.8, 4) is 11.5 Å². The quantitative estimate of drug-likeness (QED) is 0.351. The van der Waals surface area contributed by atoms with Gasteiger partial charge in [0.05, 0.1) is 27.1 Å². The molecule has 6 nitrogen and oxygen atoms in total. The summed E-state index contributed by atoms with van der Waals surface area (Å²) in [7, 11) is 0. The number of thioether (sulfide) groups is 1. The third kappa shape index (κ3) is 3.71. The molecule has 0 saturated carbocycles. The average molecular weight is 447 g/mol. The number of halogens is 3. The second-order valence-corrected chi connectivity index (χ2v) is 8.14. The van der Waals surface area contributed by atoms with Gasteiger partial charge in [-0.1, -0.05) is 12.1 Å². The summed E-state index contributed by atoms with van der Waals surface area (Å²) >= 11 is 1.22. The van der Waals surface area contributed by atoms with E-state index < -0.39 is 11.7 Å². The molecule has 0 fully saturated rings. The van der Waals surface area contributed by atoms with Crippen molar-refractivity contribution in [1.82, 2.24) is 14.5 Å². The zero-order chi connectivity index (χ0) is 21.6. The van der Waals surface area contributed by atoms with Crippen LogP contribution in [0.15, 0.2) is 52.3 Å². The molecular weight excluding hydrogens is 431 g/mol. The number of pyridine rings is 1. The highest BCUT2D eigenvalue weighted by atomic mass is 32.2. The van der Waals surface area contributed by atoms with Crippen LogP contribution >= 0.6 is 11.8 Å². The number of nitrogens with zero attached hydrogens (tertiary/aromatic N) is 2. The largest absolute Gasteiger partial charge is 0.454 e. The summed E-state index contributed by atoms with van der Waals surface area (Å²) in [5.41, 5.74) is 0.799. The fourth-order valence-corrected chi connectivity index (χ4v) is 4.48. The molecule has 0 aliphatic carbocycles. The zero-order valence-corrected chi connectivity index (χ0v) is 16.8. The first kappa shape index (κ1) is 19.8. The average Bonchev–Trinajstić information content (AvgIpc) is 3.31. The fraction of sp³-hybridized carbons (Fsp3) is 0.238. The van der Waals surface area contributed by atoms with Gasteiger partial charge in [0.15, 0.2) is 11.5 Å². The summed E-state index contributed by atoms with van der Waals surface area (Å²) in [6.07, 6.45) is -3.93. The van der Waals surface area contributed by atoms with Gasteiger partial charge in [-0.15, -0.1) is 11.8 Å². The number of hydrogen-bond acceptors (Lipinski definition) is 5. The lowest BCUT2D eigenvalue weighted by Gasteiger charge is -2.13. The number of rotatable bonds is 5. The topological polar surface area (TPSA) is 69.1 Å². The normalized spacial score (nSPS) is 13.4. The first-order valence-electron chi connectivity index (χ1n) is 9.52. The van der Waals surface area contributed by atoms with Crippen molar-refractivity contribution in [3.05, 3.63) is 58.5 Å². The van der Waals surface area contributed by atoms with E-state index in [9.17, 15) is 18.0 Å². The Labute approximate surface area is 178 Å². The molecule has 160 valence electrons. The van der Waals surface area contributed by atoms with Gasteiger partial charge in [0.1, 0.15) is 0 Å². The van der Waals surface area contributed by atoms with E-state index in [4.69, 9.17) is 9.47 Å². The Hall–Kier alpha value is -3.14. The van der Waals surface area contributed by atoms with Crippen molar-refractivity contribution in [1.29, 1.82) is 0 Å². The molecule has 1 N–H and O–H groups in total. The van der Waals surface area contributed by atoms with Crippen LogP contribution in [0.3, 0.4) is 0 Å².